The van der Waals surface area contributed by atoms with Gasteiger partial charge in [-0.15, -0.1) is 0 Å². The number of ether oxygens (including phenoxy) is 1. The predicted molar refractivity (Wildman–Crippen MR) is 111 cm³/mol. The van der Waals surface area contributed by atoms with Crippen LogP contribution < -0.4 is 0 Å². The normalized spacial score (nSPS) is 11.9. The quantitative estimate of drug-likeness (QED) is 0.173. The minimum Gasteiger partial charge on any atom is -0.466 e. The molecular formula is C24H17F6NO3. The number of ketones is 1. The summed E-state index contributed by atoms with van der Waals surface area (Å²) in [6, 6.07) is 10.7. The van der Waals surface area contributed by atoms with E-state index < -0.39 is 41.7 Å². The van der Waals surface area contributed by atoms with Gasteiger partial charge in [0, 0.05) is 16.7 Å². The summed E-state index contributed by atoms with van der Waals surface area (Å²) in [5.41, 5.74) is -1.05. The van der Waals surface area contributed by atoms with Crippen molar-refractivity contribution < 1.29 is 40.7 Å². The molecule has 0 bridgehead atoms. The number of alkyl halides is 6. The lowest BCUT2D eigenvalue weighted by Crippen LogP contribution is -2.12. The Morgan fingerprint density at radius 2 is 1.18 bits per heavy atom. The fraction of sp³-hybridized carbons (Fsp3) is 0.208. The van der Waals surface area contributed by atoms with Gasteiger partial charge in [0.05, 0.1) is 29.1 Å². The monoisotopic (exact) mass is 481 g/mol. The van der Waals surface area contributed by atoms with Gasteiger partial charge in [0.2, 0.25) is 0 Å². The van der Waals surface area contributed by atoms with Gasteiger partial charge in [-0.3, -0.25) is 9.59 Å². The van der Waals surface area contributed by atoms with E-state index in [4.69, 9.17) is 4.74 Å². The maximum atomic E-state index is 12.9. The fourth-order valence-corrected chi connectivity index (χ4v) is 3.09. The van der Waals surface area contributed by atoms with Gasteiger partial charge in [-0.25, -0.2) is 4.98 Å². The second-order valence-corrected chi connectivity index (χ2v) is 7.18. The van der Waals surface area contributed by atoms with Crippen molar-refractivity contribution in [3.63, 3.8) is 0 Å². The highest BCUT2D eigenvalue weighted by atomic mass is 19.4. The highest BCUT2D eigenvalue weighted by Gasteiger charge is 2.31. The van der Waals surface area contributed by atoms with Gasteiger partial charge in [-0.1, -0.05) is 24.3 Å². The Labute approximate surface area is 190 Å². The van der Waals surface area contributed by atoms with Crippen molar-refractivity contribution in [2.45, 2.75) is 25.7 Å². The van der Waals surface area contributed by atoms with Crippen LogP contribution in [0.5, 0.6) is 0 Å². The number of hydrogen-bond acceptors (Lipinski definition) is 4. The van der Waals surface area contributed by atoms with E-state index in [1.54, 1.807) is 6.92 Å². The molecule has 3 aromatic rings. The van der Waals surface area contributed by atoms with Crippen LogP contribution in [-0.4, -0.2) is 23.3 Å². The predicted octanol–water partition coefficient (Wildman–Crippen LogP) is 6.59. The maximum absolute atomic E-state index is 12.9. The third-order valence-electron chi connectivity index (χ3n) is 4.77. The maximum Gasteiger partial charge on any atom is 0.416 e. The first-order chi connectivity index (χ1) is 15.9. The molecule has 0 amide bonds. The number of rotatable bonds is 6. The van der Waals surface area contributed by atoms with E-state index in [2.05, 4.69) is 4.98 Å². The molecule has 10 heteroatoms. The third kappa shape index (κ3) is 6.00. The zero-order chi connectivity index (χ0) is 25.1. The highest BCUT2D eigenvalue weighted by molar-refractivity contribution is 6.06. The Morgan fingerprint density at radius 3 is 1.53 bits per heavy atom. The molecular weight excluding hydrogens is 464 g/mol. The molecule has 0 saturated heterocycles. The number of aromatic nitrogens is 1. The summed E-state index contributed by atoms with van der Waals surface area (Å²) in [6.07, 6.45) is -9.68. The molecule has 2 aromatic carbocycles. The molecule has 0 spiro atoms. The third-order valence-corrected chi connectivity index (χ3v) is 4.77. The van der Waals surface area contributed by atoms with E-state index in [-0.39, 0.29) is 34.7 Å². The molecule has 0 unspecified atom stereocenters. The molecule has 4 nitrogen and oxygen atoms in total. The van der Waals surface area contributed by atoms with Gasteiger partial charge in [-0.2, -0.15) is 26.3 Å². The lowest BCUT2D eigenvalue weighted by Gasteiger charge is -2.12. The number of esters is 1. The summed E-state index contributed by atoms with van der Waals surface area (Å²) in [5.74, 6) is -1.40. The first-order valence-corrected chi connectivity index (χ1v) is 9.94. The summed E-state index contributed by atoms with van der Waals surface area (Å²) >= 11 is 0. The average Bonchev–Trinajstić information content (AvgIpc) is 2.78. The number of halogens is 6. The van der Waals surface area contributed by atoms with Crippen molar-refractivity contribution in [2.75, 3.05) is 6.61 Å². The second-order valence-electron chi connectivity index (χ2n) is 7.18. The molecule has 0 saturated carbocycles. The van der Waals surface area contributed by atoms with E-state index in [1.165, 1.54) is 36.4 Å². The van der Waals surface area contributed by atoms with E-state index in [0.29, 0.717) is 0 Å². The number of hydrogen-bond donors (Lipinski definition) is 0. The standard InChI is InChI=1S/C24H17F6NO3/c1-2-34-22(33)13-21(32)16-11-19(14-3-7-17(8-4-14)23(25,26)27)31-20(12-16)15-5-9-18(10-6-15)24(28,29)30/h3-12H,2,13H2,1H3. The molecule has 0 N–H and O–H groups in total. The van der Waals surface area contributed by atoms with Gasteiger partial charge in [0.1, 0.15) is 6.42 Å². The zero-order valence-electron chi connectivity index (χ0n) is 17.6. The number of Topliss-reactive ketones (excluding diaryl/α,β-unsaturated/α-hetero) is 1. The molecule has 0 radical (unpaired) electrons. The fourth-order valence-electron chi connectivity index (χ4n) is 3.09. The van der Waals surface area contributed by atoms with Gasteiger partial charge in [0.25, 0.3) is 0 Å². The summed E-state index contributed by atoms with van der Waals surface area (Å²) in [4.78, 5) is 28.7. The van der Waals surface area contributed by atoms with Crippen LogP contribution in [0.2, 0.25) is 0 Å². The van der Waals surface area contributed by atoms with Crippen molar-refractivity contribution >= 4 is 11.8 Å². The largest absolute Gasteiger partial charge is 0.466 e. The smallest absolute Gasteiger partial charge is 0.416 e. The Balaban J connectivity index is 2.06. The Morgan fingerprint density at radius 1 is 0.765 bits per heavy atom. The van der Waals surface area contributed by atoms with Crippen LogP contribution in [0.15, 0.2) is 60.7 Å². The van der Waals surface area contributed by atoms with Crippen LogP contribution in [0.1, 0.15) is 34.8 Å². The summed E-state index contributed by atoms with van der Waals surface area (Å²) in [5, 5.41) is 0. The summed E-state index contributed by atoms with van der Waals surface area (Å²) < 4.78 is 82.1. The van der Waals surface area contributed by atoms with E-state index in [9.17, 15) is 35.9 Å². The van der Waals surface area contributed by atoms with Crippen molar-refractivity contribution in [3.8, 4) is 22.5 Å². The van der Waals surface area contributed by atoms with E-state index in [0.717, 1.165) is 24.3 Å². The van der Waals surface area contributed by atoms with Crippen LogP contribution in [0, 0.1) is 0 Å². The SMILES string of the molecule is CCOC(=O)CC(=O)c1cc(-c2ccc(C(F)(F)F)cc2)nc(-c2ccc(C(F)(F)F)cc2)c1. The highest BCUT2D eigenvalue weighted by Crippen LogP contribution is 2.33. The van der Waals surface area contributed by atoms with Crippen LogP contribution >= 0.6 is 0 Å². The molecule has 178 valence electrons. The molecule has 34 heavy (non-hydrogen) atoms. The first kappa shape index (κ1) is 24.9. The Bertz CT molecular complexity index is 1110. The van der Waals surface area contributed by atoms with Crippen molar-refractivity contribution in [2.24, 2.45) is 0 Å². The molecule has 3 rings (SSSR count). The van der Waals surface area contributed by atoms with Gasteiger partial charge in [-0.05, 0) is 43.3 Å². The number of carbonyl (C=O) groups excluding carboxylic acids is 2. The van der Waals surface area contributed by atoms with Gasteiger partial charge in [0.15, 0.2) is 5.78 Å². The average molecular weight is 481 g/mol. The summed E-state index contributed by atoms with van der Waals surface area (Å²) in [7, 11) is 0. The number of benzene rings is 2. The topological polar surface area (TPSA) is 56.3 Å². The molecule has 0 atom stereocenters. The Kier molecular flexibility index (Phi) is 7.09. The number of nitrogens with zero attached hydrogens (tertiary/aromatic N) is 1. The lowest BCUT2D eigenvalue weighted by atomic mass is 10.00. The van der Waals surface area contributed by atoms with Gasteiger partial charge >= 0.3 is 18.3 Å². The van der Waals surface area contributed by atoms with Crippen LogP contribution in [0.3, 0.4) is 0 Å². The van der Waals surface area contributed by atoms with Crippen LogP contribution in [-0.2, 0) is 21.9 Å². The van der Waals surface area contributed by atoms with Gasteiger partial charge < -0.3 is 4.74 Å². The Hall–Kier alpha value is -3.69. The molecule has 0 aliphatic rings. The van der Waals surface area contributed by atoms with E-state index >= 15 is 0 Å². The molecule has 0 aliphatic heterocycles. The summed E-state index contributed by atoms with van der Waals surface area (Å²) in [6.45, 7) is 1.64. The molecule has 1 aromatic heterocycles. The zero-order valence-corrected chi connectivity index (χ0v) is 17.6. The van der Waals surface area contributed by atoms with Crippen LogP contribution in [0.25, 0.3) is 22.5 Å². The van der Waals surface area contributed by atoms with Crippen molar-refractivity contribution in [1.29, 1.82) is 0 Å². The molecule has 0 aliphatic carbocycles. The van der Waals surface area contributed by atoms with Crippen molar-refractivity contribution in [3.05, 3.63) is 77.4 Å². The minimum absolute atomic E-state index is 0.00727. The molecule has 0 fully saturated rings. The van der Waals surface area contributed by atoms with E-state index in [1.807, 2.05) is 0 Å². The van der Waals surface area contributed by atoms with Crippen molar-refractivity contribution in [1.82, 2.24) is 4.98 Å². The first-order valence-electron chi connectivity index (χ1n) is 9.94. The lowest BCUT2D eigenvalue weighted by molar-refractivity contribution is -0.142. The second kappa shape index (κ2) is 9.66. The number of pyridine rings is 1. The molecule has 1 heterocycles. The minimum atomic E-state index is -4.55. The number of carbonyl (C=O) groups is 2. The van der Waals surface area contributed by atoms with Crippen LogP contribution in [0.4, 0.5) is 26.3 Å².